The van der Waals surface area contributed by atoms with E-state index >= 15 is 0 Å². The van der Waals surface area contributed by atoms with Crippen molar-refractivity contribution in [2.75, 3.05) is 5.32 Å². The molecule has 0 radical (unpaired) electrons. The summed E-state index contributed by atoms with van der Waals surface area (Å²) in [7, 11) is 0. The smallest absolute Gasteiger partial charge is 0.184 e. The first-order chi connectivity index (χ1) is 9.15. The predicted octanol–water partition coefficient (Wildman–Crippen LogP) is 4.17. The summed E-state index contributed by atoms with van der Waals surface area (Å²) in [5, 5.41) is 8.81. The van der Waals surface area contributed by atoms with Crippen molar-refractivity contribution >= 4 is 38.3 Å². The minimum atomic E-state index is 0.651. The molecule has 0 bridgehead atoms. The van der Waals surface area contributed by atoms with Crippen LogP contribution >= 0.6 is 22.9 Å². The van der Waals surface area contributed by atoms with Gasteiger partial charge < -0.3 is 9.84 Å². The monoisotopic (exact) mass is 293 g/mol. The summed E-state index contributed by atoms with van der Waals surface area (Å²) in [6.07, 6.45) is 0. The first-order valence-corrected chi connectivity index (χ1v) is 7.05. The molecule has 19 heavy (non-hydrogen) atoms. The van der Waals surface area contributed by atoms with E-state index in [1.165, 1.54) is 0 Å². The highest BCUT2D eigenvalue weighted by atomic mass is 35.5. The molecule has 4 nitrogen and oxygen atoms in total. The van der Waals surface area contributed by atoms with E-state index in [1.54, 1.807) is 11.3 Å². The van der Waals surface area contributed by atoms with Gasteiger partial charge in [-0.25, -0.2) is 4.98 Å². The number of hydrogen-bond donors (Lipinski definition) is 1. The highest BCUT2D eigenvalue weighted by molar-refractivity contribution is 7.22. The number of aryl methyl sites for hydroxylation is 2. The van der Waals surface area contributed by atoms with E-state index in [0.29, 0.717) is 6.54 Å². The summed E-state index contributed by atoms with van der Waals surface area (Å²) in [5.41, 5.74) is 2.90. The number of benzene rings is 1. The van der Waals surface area contributed by atoms with Crippen LogP contribution in [0.5, 0.6) is 0 Å². The number of nitrogens with one attached hydrogen (secondary N) is 1. The maximum absolute atomic E-state index is 6.14. The van der Waals surface area contributed by atoms with Crippen molar-refractivity contribution in [3.05, 3.63) is 40.2 Å². The number of anilines is 1. The van der Waals surface area contributed by atoms with E-state index in [9.17, 15) is 0 Å². The van der Waals surface area contributed by atoms with Crippen molar-refractivity contribution in [2.24, 2.45) is 0 Å². The number of fused-ring (bicyclic) bond motifs is 1. The van der Waals surface area contributed by atoms with Crippen molar-refractivity contribution in [1.29, 1.82) is 0 Å². The van der Waals surface area contributed by atoms with Gasteiger partial charge >= 0.3 is 0 Å². The van der Waals surface area contributed by atoms with Gasteiger partial charge in [0.25, 0.3) is 0 Å². The van der Waals surface area contributed by atoms with Crippen molar-refractivity contribution in [3.8, 4) is 0 Å². The Hall–Kier alpha value is -1.59. The molecule has 1 N–H and O–H groups in total. The zero-order valence-corrected chi connectivity index (χ0v) is 12.1. The molecule has 1 aromatic carbocycles. The fourth-order valence-electron chi connectivity index (χ4n) is 1.91. The van der Waals surface area contributed by atoms with Gasteiger partial charge in [-0.05, 0) is 26.0 Å². The normalized spacial score (nSPS) is 11.1. The van der Waals surface area contributed by atoms with Crippen LogP contribution in [0.1, 0.15) is 17.0 Å². The van der Waals surface area contributed by atoms with Crippen LogP contribution in [-0.4, -0.2) is 10.1 Å². The molecule has 2 heterocycles. The van der Waals surface area contributed by atoms with E-state index in [1.807, 2.05) is 32.0 Å². The molecule has 2 aromatic heterocycles. The molecular formula is C13H12ClN3OS. The molecule has 0 saturated carbocycles. The molecule has 0 spiro atoms. The summed E-state index contributed by atoms with van der Waals surface area (Å²) in [5.74, 6) is 0.837. The topological polar surface area (TPSA) is 51.0 Å². The molecule has 3 rings (SSSR count). The van der Waals surface area contributed by atoms with Crippen LogP contribution in [0.2, 0.25) is 5.02 Å². The Morgan fingerprint density at radius 2 is 2.21 bits per heavy atom. The molecule has 0 atom stereocenters. The third kappa shape index (κ3) is 2.31. The lowest BCUT2D eigenvalue weighted by molar-refractivity contribution is 0.392. The van der Waals surface area contributed by atoms with Gasteiger partial charge in [0, 0.05) is 12.1 Å². The second kappa shape index (κ2) is 4.83. The number of rotatable bonds is 3. The van der Waals surface area contributed by atoms with Gasteiger partial charge in [0.15, 0.2) is 5.13 Å². The molecule has 98 valence electrons. The molecule has 0 aliphatic heterocycles. The van der Waals surface area contributed by atoms with Crippen molar-refractivity contribution in [1.82, 2.24) is 10.1 Å². The van der Waals surface area contributed by atoms with Gasteiger partial charge in [0.2, 0.25) is 0 Å². The number of hydrogen-bond acceptors (Lipinski definition) is 5. The maximum atomic E-state index is 6.14. The van der Waals surface area contributed by atoms with E-state index in [4.69, 9.17) is 16.1 Å². The average molecular weight is 294 g/mol. The Labute approximate surface area is 119 Å². The highest BCUT2D eigenvalue weighted by Gasteiger charge is 2.10. The number of thiazole rings is 1. The van der Waals surface area contributed by atoms with Crippen molar-refractivity contribution in [3.63, 3.8) is 0 Å². The second-order valence-corrected chi connectivity index (χ2v) is 5.67. The van der Waals surface area contributed by atoms with Crippen LogP contribution < -0.4 is 5.32 Å². The van der Waals surface area contributed by atoms with Crippen molar-refractivity contribution < 1.29 is 4.52 Å². The lowest BCUT2D eigenvalue weighted by Crippen LogP contribution is -2.00. The van der Waals surface area contributed by atoms with Gasteiger partial charge in [-0.1, -0.05) is 34.2 Å². The van der Waals surface area contributed by atoms with Gasteiger partial charge in [0.1, 0.15) is 5.76 Å². The van der Waals surface area contributed by atoms with E-state index in [0.717, 1.165) is 37.4 Å². The zero-order chi connectivity index (χ0) is 13.4. The molecule has 0 aliphatic rings. The quantitative estimate of drug-likeness (QED) is 0.787. The van der Waals surface area contributed by atoms with Crippen LogP contribution in [0.3, 0.4) is 0 Å². The lowest BCUT2D eigenvalue weighted by Gasteiger charge is -2.00. The average Bonchev–Trinajstić information content (AvgIpc) is 2.93. The summed E-state index contributed by atoms with van der Waals surface area (Å²) in [6.45, 7) is 4.49. The molecular weight excluding hydrogens is 282 g/mol. The molecule has 0 fully saturated rings. The van der Waals surface area contributed by atoms with Crippen LogP contribution in [-0.2, 0) is 6.54 Å². The largest absolute Gasteiger partial charge is 0.361 e. The number of nitrogens with zero attached hydrogens (tertiary/aromatic N) is 2. The fourth-order valence-corrected chi connectivity index (χ4v) is 3.06. The van der Waals surface area contributed by atoms with Crippen LogP contribution in [0.4, 0.5) is 5.13 Å². The Kier molecular flexibility index (Phi) is 3.16. The first kappa shape index (κ1) is 12.4. The molecule has 0 aliphatic carbocycles. The van der Waals surface area contributed by atoms with E-state index in [2.05, 4.69) is 15.5 Å². The summed E-state index contributed by atoms with van der Waals surface area (Å²) < 4.78 is 6.14. The second-order valence-electron chi connectivity index (χ2n) is 4.26. The summed E-state index contributed by atoms with van der Waals surface area (Å²) >= 11 is 7.69. The maximum Gasteiger partial charge on any atom is 0.184 e. The van der Waals surface area contributed by atoms with Crippen molar-refractivity contribution in [2.45, 2.75) is 20.4 Å². The zero-order valence-electron chi connectivity index (χ0n) is 10.5. The Bertz CT molecular complexity index is 715. The Balaban J connectivity index is 1.84. The SMILES string of the molecule is Cc1noc(C)c1CNc1nc2cccc(Cl)c2s1. The molecule has 0 amide bonds. The minimum Gasteiger partial charge on any atom is -0.361 e. The standard InChI is InChI=1S/C13H12ClN3OS/c1-7-9(8(2)18-17-7)6-15-13-16-11-5-3-4-10(14)12(11)19-13/h3-5H,6H2,1-2H3,(H,15,16). The minimum absolute atomic E-state index is 0.651. The fraction of sp³-hybridized carbons (Fsp3) is 0.231. The van der Waals surface area contributed by atoms with Gasteiger partial charge in [-0.3, -0.25) is 0 Å². The number of halogens is 1. The van der Waals surface area contributed by atoms with Crippen LogP contribution in [0, 0.1) is 13.8 Å². The lowest BCUT2D eigenvalue weighted by atomic mass is 10.2. The van der Waals surface area contributed by atoms with Crippen LogP contribution in [0.15, 0.2) is 22.7 Å². The van der Waals surface area contributed by atoms with Gasteiger partial charge in [-0.15, -0.1) is 0 Å². The van der Waals surface area contributed by atoms with E-state index in [-0.39, 0.29) is 0 Å². The Morgan fingerprint density at radius 3 is 2.89 bits per heavy atom. The molecule has 6 heteroatoms. The third-order valence-corrected chi connectivity index (χ3v) is 4.45. The Morgan fingerprint density at radius 1 is 1.37 bits per heavy atom. The molecule has 0 unspecified atom stereocenters. The van der Waals surface area contributed by atoms with Gasteiger partial charge in [-0.2, -0.15) is 0 Å². The summed E-state index contributed by atoms with van der Waals surface area (Å²) in [4.78, 5) is 4.50. The van der Waals surface area contributed by atoms with Crippen LogP contribution in [0.25, 0.3) is 10.2 Å². The van der Waals surface area contributed by atoms with E-state index < -0.39 is 0 Å². The predicted molar refractivity (Wildman–Crippen MR) is 77.9 cm³/mol. The van der Waals surface area contributed by atoms with Gasteiger partial charge in [0.05, 0.1) is 20.9 Å². The highest BCUT2D eigenvalue weighted by Crippen LogP contribution is 2.32. The summed E-state index contributed by atoms with van der Waals surface area (Å²) in [6, 6.07) is 5.74. The number of aromatic nitrogens is 2. The molecule has 3 aromatic rings. The molecule has 0 saturated heterocycles. The third-order valence-electron chi connectivity index (χ3n) is 2.96. The first-order valence-electron chi connectivity index (χ1n) is 5.86.